The van der Waals surface area contributed by atoms with Gasteiger partial charge in [-0.3, -0.25) is 9.59 Å². The van der Waals surface area contributed by atoms with Gasteiger partial charge in [-0.1, -0.05) is 29.8 Å². The summed E-state index contributed by atoms with van der Waals surface area (Å²) >= 11 is 0. The smallest absolute Gasteiger partial charge is 0.293 e. The van der Waals surface area contributed by atoms with Gasteiger partial charge in [0.25, 0.3) is 5.56 Å². The number of aryl methyl sites for hydroxylation is 3. The molecule has 2 heterocycles. The molecule has 1 N–H and O–H groups in total. The fourth-order valence-electron chi connectivity index (χ4n) is 3.73. The topological polar surface area (TPSA) is 91.0 Å². The number of aromatic nitrogens is 4. The van der Waals surface area contributed by atoms with Crippen LogP contribution in [0.25, 0.3) is 16.6 Å². The quantitative estimate of drug-likeness (QED) is 0.504. The molecule has 4 aromatic rings. The van der Waals surface area contributed by atoms with E-state index in [1.54, 1.807) is 36.0 Å². The molecule has 0 aliphatic carbocycles. The molecule has 32 heavy (non-hydrogen) atoms. The number of amides is 1. The minimum absolute atomic E-state index is 0.228. The lowest BCUT2D eigenvalue weighted by atomic mass is 10.1. The summed E-state index contributed by atoms with van der Waals surface area (Å²) in [4.78, 5) is 26.0. The summed E-state index contributed by atoms with van der Waals surface area (Å²) in [6, 6.07) is 13.1. The number of hydrogen-bond acceptors (Lipinski definition) is 5. The number of nitrogens with one attached hydrogen (secondary N) is 1. The van der Waals surface area contributed by atoms with Crippen molar-refractivity contribution in [3.8, 4) is 11.4 Å². The summed E-state index contributed by atoms with van der Waals surface area (Å²) in [5.74, 6) is 0.200. The van der Waals surface area contributed by atoms with Crippen LogP contribution < -0.4 is 15.6 Å². The molecule has 2 aromatic heterocycles. The molecule has 8 nitrogen and oxygen atoms in total. The normalized spacial score (nSPS) is 11.0. The lowest BCUT2D eigenvalue weighted by molar-refractivity contribution is -0.117. The summed E-state index contributed by atoms with van der Waals surface area (Å²) < 4.78 is 8.36. The summed E-state index contributed by atoms with van der Waals surface area (Å²) in [5.41, 5.74) is 4.13. The highest BCUT2D eigenvalue weighted by Gasteiger charge is 2.18. The number of ether oxygens (including phenoxy) is 1. The molecule has 0 saturated carbocycles. The fraction of sp³-hybridized carbons (Fsp3) is 0.250. The average molecular weight is 431 g/mol. The third-order valence-electron chi connectivity index (χ3n) is 5.20. The van der Waals surface area contributed by atoms with Gasteiger partial charge in [0.15, 0.2) is 0 Å². The monoisotopic (exact) mass is 431 g/mol. The number of anilines is 1. The molecular weight excluding hydrogens is 406 g/mol. The largest absolute Gasteiger partial charge is 0.492 e. The van der Waals surface area contributed by atoms with Crippen LogP contribution in [0.15, 0.2) is 53.5 Å². The molecule has 1 amide bonds. The average Bonchev–Trinajstić information content (AvgIpc) is 3.19. The molecule has 2 aromatic carbocycles. The van der Waals surface area contributed by atoms with Crippen molar-refractivity contribution in [2.75, 3.05) is 11.9 Å². The highest BCUT2D eigenvalue weighted by atomic mass is 16.5. The lowest BCUT2D eigenvalue weighted by Crippen LogP contribution is -2.31. The second-order valence-corrected chi connectivity index (χ2v) is 7.63. The number of fused-ring (bicyclic) bond motifs is 1. The van der Waals surface area contributed by atoms with Crippen molar-refractivity contribution in [1.29, 1.82) is 0 Å². The van der Waals surface area contributed by atoms with Crippen LogP contribution in [0.3, 0.4) is 0 Å². The third kappa shape index (κ3) is 3.99. The van der Waals surface area contributed by atoms with Gasteiger partial charge in [-0.25, -0.2) is 9.36 Å². The van der Waals surface area contributed by atoms with E-state index in [4.69, 9.17) is 4.74 Å². The summed E-state index contributed by atoms with van der Waals surface area (Å²) in [6.07, 6.45) is 1.64. The second kappa shape index (κ2) is 8.66. The number of para-hydroxylation sites is 2. The van der Waals surface area contributed by atoms with Gasteiger partial charge in [0, 0.05) is 5.39 Å². The van der Waals surface area contributed by atoms with Crippen LogP contribution >= 0.6 is 0 Å². The Morgan fingerprint density at radius 3 is 2.66 bits per heavy atom. The minimum atomic E-state index is -0.378. The van der Waals surface area contributed by atoms with E-state index < -0.39 is 0 Å². The van der Waals surface area contributed by atoms with Crippen LogP contribution in [-0.4, -0.2) is 32.1 Å². The standard InChI is InChI=1S/C24H25N5O3/c1-5-32-21-9-7-6-8-19(21)26-22(30)14-28-24(31)23-18(17(4)27-28)13-25-29(23)20-11-10-15(2)12-16(20)3/h6-13H,5,14H2,1-4H3,(H,26,30). The Hall–Kier alpha value is -3.94. The molecule has 0 saturated heterocycles. The molecule has 0 atom stereocenters. The van der Waals surface area contributed by atoms with E-state index in [1.807, 2.05) is 45.0 Å². The second-order valence-electron chi connectivity index (χ2n) is 7.63. The summed E-state index contributed by atoms with van der Waals surface area (Å²) in [7, 11) is 0. The first-order valence-corrected chi connectivity index (χ1v) is 10.4. The van der Waals surface area contributed by atoms with E-state index in [0.29, 0.717) is 34.6 Å². The Labute approximate surface area is 185 Å². The maximum absolute atomic E-state index is 13.3. The van der Waals surface area contributed by atoms with E-state index in [1.165, 1.54) is 4.68 Å². The third-order valence-corrected chi connectivity index (χ3v) is 5.20. The Morgan fingerprint density at radius 2 is 1.91 bits per heavy atom. The first-order chi connectivity index (χ1) is 15.4. The van der Waals surface area contributed by atoms with Crippen molar-refractivity contribution in [3.05, 3.63) is 75.8 Å². The molecule has 0 bridgehead atoms. The predicted octanol–water partition coefficient (Wildman–Crippen LogP) is 3.54. The van der Waals surface area contributed by atoms with Gasteiger partial charge < -0.3 is 10.1 Å². The van der Waals surface area contributed by atoms with Crippen LogP contribution in [-0.2, 0) is 11.3 Å². The zero-order chi connectivity index (χ0) is 22.8. The van der Waals surface area contributed by atoms with Gasteiger partial charge in [-0.05, 0) is 51.5 Å². The van der Waals surface area contributed by atoms with Gasteiger partial charge in [0.05, 0.1) is 29.9 Å². The molecule has 0 spiro atoms. The molecule has 0 unspecified atom stereocenters. The van der Waals surface area contributed by atoms with Gasteiger partial charge in [-0.2, -0.15) is 10.2 Å². The van der Waals surface area contributed by atoms with Crippen LogP contribution in [0.5, 0.6) is 5.75 Å². The van der Waals surface area contributed by atoms with Crippen molar-refractivity contribution in [3.63, 3.8) is 0 Å². The molecule has 0 aliphatic rings. The molecule has 0 aliphatic heterocycles. The van der Waals surface area contributed by atoms with Crippen molar-refractivity contribution < 1.29 is 9.53 Å². The van der Waals surface area contributed by atoms with Gasteiger partial charge >= 0.3 is 0 Å². The molecular formula is C24H25N5O3. The Kier molecular flexibility index (Phi) is 5.77. The SMILES string of the molecule is CCOc1ccccc1NC(=O)Cn1nc(C)c2cnn(-c3ccc(C)cc3C)c2c1=O. The molecule has 164 valence electrons. The van der Waals surface area contributed by atoms with E-state index >= 15 is 0 Å². The maximum atomic E-state index is 13.3. The maximum Gasteiger partial charge on any atom is 0.293 e. The molecule has 0 fully saturated rings. The van der Waals surface area contributed by atoms with E-state index in [9.17, 15) is 9.59 Å². The first kappa shape index (κ1) is 21.3. The molecule has 4 rings (SSSR count). The van der Waals surface area contributed by atoms with Gasteiger partial charge in [-0.15, -0.1) is 0 Å². The zero-order valence-corrected chi connectivity index (χ0v) is 18.5. The minimum Gasteiger partial charge on any atom is -0.492 e. The van der Waals surface area contributed by atoms with Crippen LogP contribution in [0.4, 0.5) is 5.69 Å². The molecule has 8 heteroatoms. The van der Waals surface area contributed by atoms with Crippen molar-refractivity contribution >= 4 is 22.5 Å². The first-order valence-electron chi connectivity index (χ1n) is 10.4. The number of carbonyl (C=O) groups excluding carboxylic acids is 1. The number of carbonyl (C=O) groups is 1. The highest BCUT2D eigenvalue weighted by molar-refractivity contribution is 5.92. The number of benzene rings is 2. The zero-order valence-electron chi connectivity index (χ0n) is 18.5. The molecule has 0 radical (unpaired) electrons. The van der Waals surface area contributed by atoms with E-state index in [0.717, 1.165) is 16.8 Å². The van der Waals surface area contributed by atoms with E-state index in [2.05, 4.69) is 15.5 Å². The van der Waals surface area contributed by atoms with Crippen molar-refractivity contribution in [1.82, 2.24) is 19.6 Å². The van der Waals surface area contributed by atoms with E-state index in [-0.39, 0.29) is 18.0 Å². The Bertz CT molecular complexity index is 1370. The van der Waals surface area contributed by atoms with Crippen LogP contribution in [0.1, 0.15) is 23.7 Å². The Balaban J connectivity index is 1.71. The van der Waals surface area contributed by atoms with Gasteiger partial charge in [0.2, 0.25) is 5.91 Å². The van der Waals surface area contributed by atoms with Crippen LogP contribution in [0.2, 0.25) is 0 Å². The number of hydrogen-bond donors (Lipinski definition) is 1. The van der Waals surface area contributed by atoms with Crippen molar-refractivity contribution in [2.45, 2.75) is 34.2 Å². The predicted molar refractivity (Wildman–Crippen MR) is 124 cm³/mol. The number of rotatable bonds is 6. The number of nitrogens with zero attached hydrogens (tertiary/aromatic N) is 4. The highest BCUT2D eigenvalue weighted by Crippen LogP contribution is 2.24. The summed E-state index contributed by atoms with van der Waals surface area (Å²) in [5, 5.41) is 12.3. The van der Waals surface area contributed by atoms with Gasteiger partial charge in [0.1, 0.15) is 17.8 Å². The fourth-order valence-corrected chi connectivity index (χ4v) is 3.73. The van der Waals surface area contributed by atoms with Crippen molar-refractivity contribution in [2.24, 2.45) is 0 Å². The summed E-state index contributed by atoms with van der Waals surface area (Å²) in [6.45, 7) is 7.92. The Morgan fingerprint density at radius 1 is 1.12 bits per heavy atom. The van der Waals surface area contributed by atoms with Crippen LogP contribution in [0, 0.1) is 20.8 Å². The lowest BCUT2D eigenvalue weighted by Gasteiger charge is -2.12.